The number of aliphatic hydroxyl groups excluding tert-OH is 1. The Morgan fingerprint density at radius 1 is 1.00 bits per heavy atom. The molecule has 1 heterocycles. The van der Waals surface area contributed by atoms with Gasteiger partial charge in [0.05, 0.1) is 23.4 Å². The molecule has 1 saturated heterocycles. The van der Waals surface area contributed by atoms with Gasteiger partial charge >= 0.3 is 0 Å². The van der Waals surface area contributed by atoms with Crippen molar-refractivity contribution in [2.45, 2.75) is 89.1 Å². The van der Waals surface area contributed by atoms with Crippen molar-refractivity contribution in [3.63, 3.8) is 0 Å². The molecule has 2 N–H and O–H groups in total. The molecule has 20 heavy (non-hydrogen) atoms. The van der Waals surface area contributed by atoms with Gasteiger partial charge in [-0.05, 0) is 58.3 Å². The molecular formula is C17H30O3. The first-order chi connectivity index (χ1) is 9.32. The van der Waals surface area contributed by atoms with Crippen LogP contribution >= 0.6 is 0 Å². The number of ether oxygens (including phenoxy) is 1. The van der Waals surface area contributed by atoms with Gasteiger partial charge in [-0.3, -0.25) is 0 Å². The lowest BCUT2D eigenvalue weighted by Crippen LogP contribution is -2.64. The van der Waals surface area contributed by atoms with Crippen LogP contribution in [0.2, 0.25) is 0 Å². The van der Waals surface area contributed by atoms with Crippen LogP contribution in [0.1, 0.15) is 65.7 Å². The molecule has 3 heteroatoms. The van der Waals surface area contributed by atoms with Crippen LogP contribution in [0.4, 0.5) is 0 Å². The van der Waals surface area contributed by atoms with E-state index in [0.29, 0.717) is 18.3 Å². The Balaban J connectivity index is 1.87. The third kappa shape index (κ3) is 2.32. The smallest absolute Gasteiger partial charge is 0.0930 e. The van der Waals surface area contributed by atoms with Crippen molar-refractivity contribution in [2.75, 3.05) is 0 Å². The molecule has 5 atom stereocenters. The highest BCUT2D eigenvalue weighted by Crippen LogP contribution is 2.52. The van der Waals surface area contributed by atoms with Crippen molar-refractivity contribution < 1.29 is 14.9 Å². The SMILES string of the molecule is CC1(C)O[C@@H](C2CCCCC2)C2CC1C[C@H](O)[C@@]2(C)O. The molecule has 3 rings (SSSR count). The van der Waals surface area contributed by atoms with E-state index in [9.17, 15) is 10.2 Å². The molecule has 0 aromatic rings. The standard InChI is InChI=1S/C17H30O3/c1-16(2)12-9-13(17(3,19)14(18)10-12)15(20-16)11-7-5-4-6-8-11/h11-15,18-19H,4-10H2,1-3H3/t12?,13?,14-,15-,17-/m0/s1. The molecule has 116 valence electrons. The van der Waals surface area contributed by atoms with E-state index in [1.165, 1.54) is 32.1 Å². The van der Waals surface area contributed by atoms with Crippen molar-refractivity contribution in [2.24, 2.45) is 17.8 Å². The predicted molar refractivity (Wildman–Crippen MR) is 78.4 cm³/mol. The van der Waals surface area contributed by atoms with Gasteiger partial charge in [-0.25, -0.2) is 0 Å². The third-order valence-corrected chi connectivity index (χ3v) is 6.41. The molecular weight excluding hydrogens is 252 g/mol. The lowest BCUT2D eigenvalue weighted by molar-refractivity contribution is -0.271. The van der Waals surface area contributed by atoms with E-state index in [2.05, 4.69) is 13.8 Å². The summed E-state index contributed by atoms with van der Waals surface area (Å²) in [6.45, 7) is 6.14. The van der Waals surface area contributed by atoms with Crippen LogP contribution < -0.4 is 0 Å². The summed E-state index contributed by atoms with van der Waals surface area (Å²) in [5.41, 5.74) is -1.16. The first kappa shape index (κ1) is 14.8. The lowest BCUT2D eigenvalue weighted by Gasteiger charge is -2.58. The Hall–Kier alpha value is -0.120. The Kier molecular flexibility index (Phi) is 3.67. The molecule has 0 spiro atoms. The summed E-state index contributed by atoms with van der Waals surface area (Å²) in [4.78, 5) is 0. The van der Waals surface area contributed by atoms with Gasteiger partial charge in [0, 0.05) is 5.92 Å². The van der Waals surface area contributed by atoms with Gasteiger partial charge in [-0.15, -0.1) is 0 Å². The van der Waals surface area contributed by atoms with Crippen molar-refractivity contribution in [1.29, 1.82) is 0 Å². The zero-order chi connectivity index (χ0) is 14.5. The van der Waals surface area contributed by atoms with Gasteiger partial charge in [-0.2, -0.15) is 0 Å². The van der Waals surface area contributed by atoms with Crippen LogP contribution in [0, 0.1) is 17.8 Å². The average Bonchev–Trinajstić information content (AvgIpc) is 2.40. The molecule has 0 aromatic heterocycles. The summed E-state index contributed by atoms with van der Waals surface area (Å²) >= 11 is 0. The summed E-state index contributed by atoms with van der Waals surface area (Å²) in [7, 11) is 0. The van der Waals surface area contributed by atoms with Crippen LogP contribution in [0.5, 0.6) is 0 Å². The van der Waals surface area contributed by atoms with E-state index in [1.807, 2.05) is 6.92 Å². The topological polar surface area (TPSA) is 49.7 Å². The largest absolute Gasteiger partial charge is 0.390 e. The molecule has 2 unspecified atom stereocenters. The Morgan fingerprint density at radius 3 is 2.30 bits per heavy atom. The molecule has 2 bridgehead atoms. The van der Waals surface area contributed by atoms with Gasteiger partial charge in [0.15, 0.2) is 0 Å². The summed E-state index contributed by atoms with van der Waals surface area (Å²) in [5, 5.41) is 21.2. The predicted octanol–water partition coefficient (Wildman–Crippen LogP) is 2.88. The fraction of sp³-hybridized carbons (Fsp3) is 1.00. The Morgan fingerprint density at radius 2 is 1.65 bits per heavy atom. The molecule has 3 aliphatic rings. The lowest BCUT2D eigenvalue weighted by atomic mass is 9.59. The van der Waals surface area contributed by atoms with Crippen molar-refractivity contribution >= 4 is 0 Å². The number of hydrogen-bond acceptors (Lipinski definition) is 3. The number of rotatable bonds is 1. The van der Waals surface area contributed by atoms with E-state index >= 15 is 0 Å². The zero-order valence-electron chi connectivity index (χ0n) is 13.1. The second-order valence-electron chi connectivity index (χ2n) is 8.10. The summed E-state index contributed by atoms with van der Waals surface area (Å²) < 4.78 is 6.49. The van der Waals surface area contributed by atoms with Crippen molar-refractivity contribution in [3.8, 4) is 0 Å². The Labute approximate surface area is 122 Å². The summed E-state index contributed by atoms with van der Waals surface area (Å²) in [6, 6.07) is 0. The highest BCUT2D eigenvalue weighted by molar-refractivity contribution is 5.07. The average molecular weight is 282 g/mol. The van der Waals surface area contributed by atoms with Crippen LogP contribution in [0.3, 0.4) is 0 Å². The van der Waals surface area contributed by atoms with Gasteiger partial charge in [0.25, 0.3) is 0 Å². The van der Waals surface area contributed by atoms with Crippen molar-refractivity contribution in [1.82, 2.24) is 0 Å². The molecule has 2 saturated carbocycles. The van der Waals surface area contributed by atoms with Crippen molar-refractivity contribution in [3.05, 3.63) is 0 Å². The van der Waals surface area contributed by atoms with Crippen LogP contribution in [0.25, 0.3) is 0 Å². The number of hydrogen-bond donors (Lipinski definition) is 2. The van der Waals surface area contributed by atoms with Gasteiger partial charge in [0.2, 0.25) is 0 Å². The second kappa shape index (κ2) is 4.96. The quantitative estimate of drug-likeness (QED) is 0.777. The maximum Gasteiger partial charge on any atom is 0.0930 e. The van der Waals surface area contributed by atoms with Crippen LogP contribution in [-0.4, -0.2) is 33.6 Å². The fourth-order valence-electron chi connectivity index (χ4n) is 4.85. The molecule has 0 radical (unpaired) electrons. The van der Waals surface area contributed by atoms with E-state index in [1.54, 1.807) is 0 Å². The van der Waals surface area contributed by atoms with Crippen LogP contribution in [0.15, 0.2) is 0 Å². The van der Waals surface area contributed by atoms with Crippen LogP contribution in [-0.2, 0) is 4.74 Å². The minimum Gasteiger partial charge on any atom is -0.390 e. The maximum atomic E-state index is 10.8. The number of aliphatic hydroxyl groups is 2. The van der Waals surface area contributed by atoms with E-state index in [-0.39, 0.29) is 17.6 Å². The molecule has 2 aliphatic carbocycles. The minimum atomic E-state index is -0.991. The molecule has 3 nitrogen and oxygen atoms in total. The normalized spacial score (nSPS) is 49.0. The molecule has 0 amide bonds. The highest BCUT2D eigenvalue weighted by atomic mass is 16.5. The van der Waals surface area contributed by atoms with E-state index in [0.717, 1.165) is 6.42 Å². The zero-order valence-corrected chi connectivity index (χ0v) is 13.1. The van der Waals surface area contributed by atoms with Gasteiger partial charge in [-0.1, -0.05) is 19.3 Å². The first-order valence-corrected chi connectivity index (χ1v) is 8.40. The third-order valence-electron chi connectivity index (χ3n) is 6.41. The molecule has 0 aromatic carbocycles. The van der Waals surface area contributed by atoms with Gasteiger partial charge in [0.1, 0.15) is 0 Å². The van der Waals surface area contributed by atoms with E-state index < -0.39 is 11.7 Å². The Bertz CT molecular complexity index is 357. The maximum absolute atomic E-state index is 10.8. The number of fused-ring (bicyclic) bond motifs is 2. The molecule has 1 aliphatic heterocycles. The summed E-state index contributed by atoms with van der Waals surface area (Å²) in [6.07, 6.45) is 7.50. The van der Waals surface area contributed by atoms with E-state index in [4.69, 9.17) is 4.74 Å². The monoisotopic (exact) mass is 282 g/mol. The fourth-order valence-corrected chi connectivity index (χ4v) is 4.85. The van der Waals surface area contributed by atoms with Gasteiger partial charge < -0.3 is 14.9 Å². The highest BCUT2D eigenvalue weighted by Gasteiger charge is 2.57. The second-order valence-corrected chi connectivity index (χ2v) is 8.10. The molecule has 3 fully saturated rings. The minimum absolute atomic E-state index is 0.0902. The first-order valence-electron chi connectivity index (χ1n) is 8.40. The summed E-state index contributed by atoms with van der Waals surface area (Å²) in [5.74, 6) is 1.01.